The Morgan fingerprint density at radius 2 is 1.61 bits per heavy atom. The van der Waals surface area contributed by atoms with Gasteiger partial charge in [0.2, 0.25) is 5.91 Å². The van der Waals surface area contributed by atoms with Gasteiger partial charge in [0.25, 0.3) is 15.9 Å². The minimum atomic E-state index is -4.24. The van der Waals surface area contributed by atoms with Gasteiger partial charge in [-0.25, -0.2) is 0 Å². The normalized spacial score (nSPS) is 16.8. The molecule has 3 aromatic carbocycles. The van der Waals surface area contributed by atoms with Crippen molar-refractivity contribution in [3.05, 3.63) is 87.9 Å². The summed E-state index contributed by atoms with van der Waals surface area (Å²) in [6.07, 6.45) is 2.30. The van der Waals surface area contributed by atoms with E-state index in [1.54, 1.807) is 53.4 Å². The molecule has 44 heavy (non-hydrogen) atoms. The van der Waals surface area contributed by atoms with Crippen molar-refractivity contribution in [1.82, 2.24) is 20.0 Å². The summed E-state index contributed by atoms with van der Waals surface area (Å²) in [5.74, 6) is -0.459. The Kier molecular flexibility index (Phi) is 10.5. The number of nitrogens with zero attached hydrogens (tertiary/aromatic N) is 4. The first-order valence-corrected chi connectivity index (χ1v) is 17.0. The van der Waals surface area contributed by atoms with Crippen LogP contribution < -0.4 is 14.6 Å². The molecule has 234 valence electrons. The number of benzene rings is 3. The van der Waals surface area contributed by atoms with Crippen LogP contribution in [0.1, 0.15) is 23.2 Å². The molecule has 13 heteroatoms. The molecule has 2 fully saturated rings. The van der Waals surface area contributed by atoms with Gasteiger partial charge in [-0.1, -0.05) is 50.2 Å². The van der Waals surface area contributed by atoms with E-state index in [-0.39, 0.29) is 39.4 Å². The summed E-state index contributed by atoms with van der Waals surface area (Å²) in [4.78, 5) is 38.0. The van der Waals surface area contributed by atoms with E-state index in [0.29, 0.717) is 23.6 Å². The molecule has 5 rings (SSSR count). The van der Waals surface area contributed by atoms with E-state index in [1.807, 2.05) is 0 Å². The van der Waals surface area contributed by atoms with E-state index in [1.165, 1.54) is 24.3 Å². The molecule has 0 saturated carbocycles. The van der Waals surface area contributed by atoms with E-state index in [0.717, 1.165) is 43.5 Å². The Morgan fingerprint density at radius 3 is 2.25 bits per heavy atom. The largest absolute Gasteiger partial charge is 0.363 e. The summed E-state index contributed by atoms with van der Waals surface area (Å²) in [5.41, 5.74) is 0.492. The molecule has 0 aromatic heterocycles. The number of amides is 2. The highest BCUT2D eigenvalue weighted by atomic mass is 79.9. The average Bonchev–Trinajstić information content (AvgIpc) is 3.04. The number of piperidine rings is 1. The molecule has 0 unspecified atom stereocenters. The Balaban J connectivity index is 1.19. The first-order valence-electron chi connectivity index (χ1n) is 14.4. The van der Waals surface area contributed by atoms with Crippen molar-refractivity contribution in [2.45, 2.75) is 23.8 Å². The monoisotopic (exact) mass is 703 g/mol. The zero-order valence-electron chi connectivity index (χ0n) is 24.4. The van der Waals surface area contributed by atoms with Crippen molar-refractivity contribution in [3.63, 3.8) is 0 Å². The van der Waals surface area contributed by atoms with Crippen LogP contribution in [0.25, 0.3) is 0 Å². The fourth-order valence-corrected chi connectivity index (χ4v) is 7.33. The van der Waals surface area contributed by atoms with Crippen LogP contribution in [0.15, 0.2) is 82.2 Å². The van der Waals surface area contributed by atoms with Crippen molar-refractivity contribution in [2.75, 3.05) is 57.3 Å². The molecule has 2 aliphatic heterocycles. The number of para-hydroxylation sites is 1. The third-order valence-corrected chi connectivity index (χ3v) is 10.3. The second-order valence-corrected chi connectivity index (χ2v) is 14.0. The number of rotatable bonds is 9. The van der Waals surface area contributed by atoms with E-state index in [2.05, 4.69) is 38.1 Å². The summed E-state index contributed by atoms with van der Waals surface area (Å²) in [7, 11) is -2.09. The van der Waals surface area contributed by atoms with Crippen LogP contribution in [0.5, 0.6) is 5.75 Å². The predicted octanol–water partition coefficient (Wildman–Crippen LogP) is 4.26. The SMILES string of the molecule is CN1CCC(N2CCN(C(=O)CNC(=O)c3ccc(S(=O)(=O)N(Oc4ccc(Br)cc4Cl)c4ccccc4)cc3)CC2)CC1. The first-order chi connectivity index (χ1) is 21.1. The topological polar surface area (TPSA) is 102 Å². The third-order valence-electron chi connectivity index (χ3n) is 7.95. The summed E-state index contributed by atoms with van der Waals surface area (Å²) in [6.45, 7) is 5.02. The maximum absolute atomic E-state index is 13.7. The summed E-state index contributed by atoms with van der Waals surface area (Å²) < 4.78 is 28.9. The van der Waals surface area contributed by atoms with Crippen molar-refractivity contribution in [2.24, 2.45) is 0 Å². The molecule has 1 N–H and O–H groups in total. The highest BCUT2D eigenvalue weighted by Gasteiger charge is 2.30. The molecule has 2 amide bonds. The van der Waals surface area contributed by atoms with E-state index >= 15 is 0 Å². The maximum atomic E-state index is 13.7. The molecule has 10 nitrogen and oxygen atoms in total. The maximum Gasteiger partial charge on any atom is 0.295 e. The predicted molar refractivity (Wildman–Crippen MR) is 173 cm³/mol. The van der Waals surface area contributed by atoms with E-state index in [9.17, 15) is 18.0 Å². The molecular weight excluding hydrogens is 670 g/mol. The number of piperazine rings is 1. The number of carbonyl (C=O) groups is 2. The Labute approximate surface area is 271 Å². The Bertz CT molecular complexity index is 1560. The van der Waals surface area contributed by atoms with Gasteiger partial charge in [0.15, 0.2) is 5.75 Å². The highest BCUT2D eigenvalue weighted by molar-refractivity contribution is 9.10. The zero-order valence-corrected chi connectivity index (χ0v) is 27.5. The standard InChI is InChI=1S/C31H35BrClN5O5S/c1-35-15-13-25(14-16-35)36-17-19-37(20-18-36)30(39)22-34-31(40)23-7-10-27(11-8-23)44(41,42)38(26-5-3-2-4-6-26)43-29-12-9-24(32)21-28(29)33/h2-12,21,25H,13-20,22H2,1H3,(H,34,40). The Morgan fingerprint density at radius 1 is 0.955 bits per heavy atom. The van der Waals surface area contributed by atoms with Gasteiger partial charge in [0, 0.05) is 42.3 Å². The van der Waals surface area contributed by atoms with Crippen LogP contribution in [-0.4, -0.2) is 93.8 Å². The van der Waals surface area contributed by atoms with Gasteiger partial charge in [-0.3, -0.25) is 14.5 Å². The number of anilines is 1. The van der Waals surface area contributed by atoms with Gasteiger partial charge in [0.1, 0.15) is 0 Å². The lowest BCUT2D eigenvalue weighted by molar-refractivity contribution is -0.132. The fraction of sp³-hybridized carbons (Fsp3) is 0.355. The second kappa shape index (κ2) is 14.3. The number of nitrogens with one attached hydrogen (secondary N) is 1. The number of carbonyl (C=O) groups excluding carboxylic acids is 2. The van der Waals surface area contributed by atoms with Gasteiger partial charge >= 0.3 is 0 Å². The van der Waals surface area contributed by atoms with E-state index in [4.69, 9.17) is 16.4 Å². The minimum Gasteiger partial charge on any atom is -0.363 e. The van der Waals surface area contributed by atoms with Crippen molar-refractivity contribution in [1.29, 1.82) is 0 Å². The van der Waals surface area contributed by atoms with Crippen LogP contribution >= 0.6 is 27.5 Å². The van der Waals surface area contributed by atoms with Crippen LogP contribution in [0, 0.1) is 0 Å². The number of hydrogen-bond donors (Lipinski definition) is 1. The van der Waals surface area contributed by atoms with Crippen LogP contribution in [0.3, 0.4) is 0 Å². The third kappa shape index (κ3) is 7.73. The van der Waals surface area contributed by atoms with Gasteiger partial charge in [-0.15, -0.1) is 0 Å². The van der Waals surface area contributed by atoms with Crippen molar-refractivity contribution >= 4 is 55.1 Å². The number of halogens is 2. The highest BCUT2D eigenvalue weighted by Crippen LogP contribution is 2.32. The van der Waals surface area contributed by atoms with Crippen LogP contribution in [0.2, 0.25) is 5.02 Å². The van der Waals surface area contributed by atoms with Gasteiger partial charge < -0.3 is 20.0 Å². The van der Waals surface area contributed by atoms with Crippen molar-refractivity contribution in [3.8, 4) is 5.75 Å². The van der Waals surface area contributed by atoms with Crippen LogP contribution in [-0.2, 0) is 14.8 Å². The van der Waals surface area contributed by atoms with Crippen LogP contribution in [0.4, 0.5) is 5.69 Å². The average molecular weight is 705 g/mol. The molecule has 0 aliphatic carbocycles. The molecule has 2 heterocycles. The summed E-state index contributed by atoms with van der Waals surface area (Å²) >= 11 is 9.64. The second-order valence-electron chi connectivity index (χ2n) is 10.9. The molecule has 0 atom stereocenters. The minimum absolute atomic E-state index is 0.0929. The number of sulfonamides is 1. The van der Waals surface area contributed by atoms with Crippen molar-refractivity contribution < 1.29 is 22.8 Å². The summed E-state index contributed by atoms with van der Waals surface area (Å²) in [6, 6.07) is 19.2. The molecule has 0 radical (unpaired) electrons. The lowest BCUT2D eigenvalue weighted by Crippen LogP contribution is -2.55. The lowest BCUT2D eigenvalue weighted by Gasteiger charge is -2.42. The van der Waals surface area contributed by atoms with E-state index < -0.39 is 15.9 Å². The van der Waals surface area contributed by atoms with Gasteiger partial charge in [-0.2, -0.15) is 8.42 Å². The smallest absolute Gasteiger partial charge is 0.295 e. The first kappa shape index (κ1) is 32.2. The molecule has 2 aliphatic rings. The fourth-order valence-electron chi connectivity index (χ4n) is 5.37. The number of likely N-dealkylation sites (tertiary alicyclic amines) is 1. The van der Waals surface area contributed by atoms with Gasteiger partial charge in [-0.05, 0) is 87.6 Å². The summed E-state index contributed by atoms with van der Waals surface area (Å²) in [5, 5.41) is 2.89. The number of hydrogen-bond acceptors (Lipinski definition) is 7. The Hall–Kier alpha value is -3.16. The molecule has 0 bridgehead atoms. The zero-order chi connectivity index (χ0) is 31.3. The molecule has 3 aromatic rings. The molecule has 2 saturated heterocycles. The lowest BCUT2D eigenvalue weighted by atomic mass is 10.0. The molecule has 0 spiro atoms. The quantitative estimate of drug-likeness (QED) is 0.333. The molecular formula is C31H35BrClN5O5S. The van der Waals surface area contributed by atoms with Gasteiger partial charge in [0.05, 0.1) is 22.2 Å².